The molecular formula is C35H25BN2O. The first-order chi connectivity index (χ1) is 19.1. The number of hydrogen-bond acceptors (Lipinski definition) is 2. The van der Waals surface area contributed by atoms with Crippen LogP contribution in [0.25, 0.3) is 49.7 Å². The summed E-state index contributed by atoms with van der Waals surface area (Å²) >= 11 is 0. The van der Waals surface area contributed by atoms with E-state index in [0.29, 0.717) is 0 Å². The maximum atomic E-state index is 6.50. The SMILES string of the molecule is Cc1c(C)n2c3c(cccc13)B1c3ccccc3N(C)c3cc(-c4cccc5c4oc4ccccc45)cc-2c31. The average Bonchev–Trinajstić information content (AvgIpc) is 3.48. The van der Waals surface area contributed by atoms with Crippen LogP contribution in [0.5, 0.6) is 0 Å². The smallest absolute Gasteiger partial charge is 0.252 e. The van der Waals surface area contributed by atoms with Gasteiger partial charge in [0.2, 0.25) is 0 Å². The minimum atomic E-state index is 0.198. The number of nitrogens with zero attached hydrogens (tertiary/aromatic N) is 2. The molecule has 184 valence electrons. The highest BCUT2D eigenvalue weighted by atomic mass is 16.3. The van der Waals surface area contributed by atoms with Gasteiger partial charge < -0.3 is 13.9 Å². The predicted molar refractivity (Wildman–Crippen MR) is 165 cm³/mol. The molecule has 0 fully saturated rings. The van der Waals surface area contributed by atoms with E-state index >= 15 is 0 Å². The van der Waals surface area contributed by atoms with Crippen molar-refractivity contribution in [1.82, 2.24) is 4.57 Å². The number of benzene rings is 5. The van der Waals surface area contributed by atoms with E-state index in [2.05, 4.69) is 121 Å². The van der Waals surface area contributed by atoms with E-state index in [-0.39, 0.29) is 6.71 Å². The Morgan fingerprint density at radius 3 is 2.31 bits per heavy atom. The summed E-state index contributed by atoms with van der Waals surface area (Å²) in [5.74, 6) is 0. The van der Waals surface area contributed by atoms with E-state index in [0.717, 1.165) is 27.5 Å². The number of aryl methyl sites for hydroxylation is 1. The lowest BCUT2D eigenvalue weighted by Crippen LogP contribution is -2.60. The minimum absolute atomic E-state index is 0.198. The molecule has 2 aromatic heterocycles. The fourth-order valence-corrected chi connectivity index (χ4v) is 7.33. The molecule has 4 heterocycles. The van der Waals surface area contributed by atoms with Gasteiger partial charge in [-0.05, 0) is 65.6 Å². The zero-order chi connectivity index (χ0) is 26.0. The van der Waals surface area contributed by atoms with E-state index in [1.807, 2.05) is 6.07 Å². The molecule has 9 rings (SSSR count). The number of fused-ring (bicyclic) bond motifs is 7. The predicted octanol–water partition coefficient (Wildman–Crippen LogP) is 6.72. The van der Waals surface area contributed by atoms with E-state index < -0.39 is 0 Å². The fraction of sp³-hybridized carbons (Fsp3) is 0.0857. The highest BCUT2D eigenvalue weighted by Gasteiger charge is 2.41. The second kappa shape index (κ2) is 7.24. The van der Waals surface area contributed by atoms with Crippen molar-refractivity contribution in [2.24, 2.45) is 0 Å². The van der Waals surface area contributed by atoms with Gasteiger partial charge in [-0.1, -0.05) is 72.8 Å². The van der Waals surface area contributed by atoms with Crippen LogP contribution in [0.2, 0.25) is 0 Å². The van der Waals surface area contributed by atoms with E-state index in [1.165, 1.54) is 61.2 Å². The lowest BCUT2D eigenvalue weighted by atomic mass is 9.34. The third-order valence-electron chi connectivity index (χ3n) is 9.24. The van der Waals surface area contributed by atoms with Crippen LogP contribution in [0.1, 0.15) is 11.3 Å². The van der Waals surface area contributed by atoms with Crippen molar-refractivity contribution in [3.05, 3.63) is 108 Å². The van der Waals surface area contributed by atoms with Crippen molar-refractivity contribution < 1.29 is 4.42 Å². The first-order valence-electron chi connectivity index (χ1n) is 13.6. The number of hydrogen-bond donors (Lipinski definition) is 0. The summed E-state index contributed by atoms with van der Waals surface area (Å²) in [4.78, 5) is 2.38. The maximum Gasteiger partial charge on any atom is 0.252 e. The summed E-state index contributed by atoms with van der Waals surface area (Å²) < 4.78 is 9.01. The summed E-state index contributed by atoms with van der Waals surface area (Å²) in [5, 5.41) is 3.66. The Bertz CT molecular complexity index is 2180. The molecule has 0 saturated carbocycles. The Labute approximate surface area is 227 Å². The Morgan fingerprint density at radius 1 is 0.667 bits per heavy atom. The number of rotatable bonds is 1. The zero-order valence-corrected chi connectivity index (χ0v) is 22.1. The van der Waals surface area contributed by atoms with Crippen molar-refractivity contribution in [1.29, 1.82) is 0 Å². The maximum absolute atomic E-state index is 6.50. The van der Waals surface area contributed by atoms with Gasteiger partial charge in [-0.25, -0.2) is 0 Å². The Kier molecular flexibility index (Phi) is 3.94. The Hall–Kier alpha value is -4.70. The van der Waals surface area contributed by atoms with Crippen LogP contribution in [0.3, 0.4) is 0 Å². The number of anilines is 2. The van der Waals surface area contributed by atoms with E-state index in [9.17, 15) is 0 Å². The van der Waals surface area contributed by atoms with Crippen molar-refractivity contribution in [3.63, 3.8) is 0 Å². The summed E-state index contributed by atoms with van der Waals surface area (Å²) in [6.07, 6.45) is 0. The lowest BCUT2D eigenvalue weighted by molar-refractivity contribution is 0.670. The van der Waals surface area contributed by atoms with Crippen molar-refractivity contribution in [2.75, 3.05) is 11.9 Å². The van der Waals surface area contributed by atoms with Crippen molar-refractivity contribution >= 4 is 67.3 Å². The molecule has 3 nitrogen and oxygen atoms in total. The molecule has 0 aliphatic carbocycles. The molecule has 0 saturated heterocycles. The summed E-state index contributed by atoms with van der Waals surface area (Å²) in [7, 11) is 2.21. The summed E-state index contributed by atoms with van der Waals surface area (Å²) in [6.45, 7) is 4.72. The fourth-order valence-electron chi connectivity index (χ4n) is 7.33. The van der Waals surface area contributed by atoms with Crippen LogP contribution in [0, 0.1) is 13.8 Å². The summed E-state index contributed by atoms with van der Waals surface area (Å²) in [5.41, 5.74) is 16.1. The number of furan rings is 1. The van der Waals surface area contributed by atoms with Gasteiger partial charge >= 0.3 is 0 Å². The largest absolute Gasteiger partial charge is 0.455 e. The molecule has 0 N–H and O–H groups in total. The van der Waals surface area contributed by atoms with Gasteiger partial charge in [0.15, 0.2) is 0 Å². The van der Waals surface area contributed by atoms with Gasteiger partial charge in [0, 0.05) is 57.0 Å². The molecule has 2 aliphatic rings. The highest BCUT2D eigenvalue weighted by Crippen LogP contribution is 2.41. The van der Waals surface area contributed by atoms with Gasteiger partial charge in [0.05, 0.1) is 0 Å². The molecule has 5 aromatic carbocycles. The standard InChI is InChI=1S/C35H25BN2O/c1-20-21(2)38-31-19-22(24-12-8-13-26-25-10-4-7-17-32(25)39-35(24)26)18-30-33(31)36(28-15-9-11-23(20)34(28)38)27-14-5-6-16-29(27)37(30)3/h4-19H,1-3H3. The topological polar surface area (TPSA) is 21.3 Å². The van der Waals surface area contributed by atoms with Gasteiger partial charge in [-0.15, -0.1) is 0 Å². The second-order valence-corrected chi connectivity index (χ2v) is 11.0. The molecule has 0 spiro atoms. The van der Waals surface area contributed by atoms with Crippen molar-refractivity contribution in [3.8, 4) is 16.8 Å². The quantitative estimate of drug-likeness (QED) is 0.233. The second-order valence-electron chi connectivity index (χ2n) is 11.0. The Balaban J connectivity index is 1.44. The molecule has 0 unspecified atom stereocenters. The van der Waals surface area contributed by atoms with Crippen LogP contribution in [0.15, 0.2) is 101 Å². The van der Waals surface area contributed by atoms with E-state index in [4.69, 9.17) is 4.42 Å². The van der Waals surface area contributed by atoms with Gasteiger partial charge in [-0.2, -0.15) is 0 Å². The van der Waals surface area contributed by atoms with Crippen LogP contribution < -0.4 is 21.3 Å². The van der Waals surface area contributed by atoms with Gasteiger partial charge in [-0.3, -0.25) is 0 Å². The van der Waals surface area contributed by atoms with Gasteiger partial charge in [0.25, 0.3) is 6.71 Å². The molecule has 0 atom stereocenters. The molecule has 0 radical (unpaired) electrons. The third kappa shape index (κ3) is 2.54. The van der Waals surface area contributed by atoms with Crippen LogP contribution in [0.4, 0.5) is 11.4 Å². The molecular weight excluding hydrogens is 475 g/mol. The molecule has 0 bridgehead atoms. The Morgan fingerprint density at radius 2 is 1.38 bits per heavy atom. The molecule has 2 aliphatic heterocycles. The molecule has 4 heteroatoms. The number of aromatic nitrogens is 1. The molecule has 0 amide bonds. The monoisotopic (exact) mass is 500 g/mol. The minimum Gasteiger partial charge on any atom is -0.455 e. The lowest BCUT2D eigenvalue weighted by Gasteiger charge is -2.39. The van der Waals surface area contributed by atoms with Crippen LogP contribution in [-0.2, 0) is 0 Å². The summed E-state index contributed by atoms with van der Waals surface area (Å²) in [6, 6.07) is 35.4. The molecule has 7 aromatic rings. The first kappa shape index (κ1) is 21.3. The highest BCUT2D eigenvalue weighted by molar-refractivity contribution is 7.00. The third-order valence-corrected chi connectivity index (χ3v) is 9.24. The van der Waals surface area contributed by atoms with Crippen molar-refractivity contribution in [2.45, 2.75) is 13.8 Å². The average molecular weight is 500 g/mol. The van der Waals surface area contributed by atoms with E-state index in [1.54, 1.807) is 0 Å². The van der Waals surface area contributed by atoms with Crippen LogP contribution in [-0.4, -0.2) is 18.3 Å². The first-order valence-corrected chi connectivity index (χ1v) is 13.6. The van der Waals surface area contributed by atoms with Gasteiger partial charge in [0.1, 0.15) is 11.2 Å². The molecule has 39 heavy (non-hydrogen) atoms. The normalized spacial score (nSPS) is 13.4. The van der Waals surface area contributed by atoms with Crippen LogP contribution >= 0.6 is 0 Å². The number of para-hydroxylation sites is 4. The zero-order valence-electron chi connectivity index (χ0n) is 22.1.